The maximum atomic E-state index is 12.7. The number of benzene rings is 2. The number of ketones is 1. The van der Waals surface area contributed by atoms with E-state index in [9.17, 15) is 33.2 Å². The van der Waals surface area contributed by atoms with E-state index in [1.54, 1.807) is 12.3 Å². The summed E-state index contributed by atoms with van der Waals surface area (Å²) in [6.45, 7) is 1.30. The van der Waals surface area contributed by atoms with E-state index in [4.69, 9.17) is 0 Å². The number of nitro groups is 1. The normalized spacial score (nSPS) is 12.1. The first kappa shape index (κ1) is 22.2. The molecule has 0 aliphatic rings. The highest BCUT2D eigenvalue weighted by Crippen LogP contribution is 2.40. The number of thiophene rings is 1. The number of aromatic hydroxyl groups is 1. The summed E-state index contributed by atoms with van der Waals surface area (Å²) in [7, 11) is 0. The van der Waals surface area contributed by atoms with Crippen LogP contribution in [0.25, 0.3) is 10.4 Å². The zero-order valence-corrected chi connectivity index (χ0v) is 16.8. The summed E-state index contributed by atoms with van der Waals surface area (Å²) in [6.07, 6.45) is -4.45. The molecule has 0 spiro atoms. The lowest BCUT2D eigenvalue weighted by Gasteiger charge is -2.07. The van der Waals surface area contributed by atoms with Crippen LogP contribution in [0.3, 0.4) is 0 Å². The molecule has 0 saturated heterocycles. The molecule has 6 nitrogen and oxygen atoms in total. The van der Waals surface area contributed by atoms with E-state index in [1.807, 2.05) is 0 Å². The summed E-state index contributed by atoms with van der Waals surface area (Å²) >= 11 is 1.13. The molecule has 0 amide bonds. The number of carbonyl (C=O) groups excluding carboxylic acids is 1. The van der Waals surface area contributed by atoms with Gasteiger partial charge in [0.25, 0.3) is 5.69 Å². The molecule has 31 heavy (non-hydrogen) atoms. The third-order valence-electron chi connectivity index (χ3n) is 4.47. The van der Waals surface area contributed by atoms with Crippen molar-refractivity contribution in [1.82, 2.24) is 0 Å². The third kappa shape index (κ3) is 4.97. The second-order valence-corrected chi connectivity index (χ2v) is 7.41. The van der Waals surface area contributed by atoms with Gasteiger partial charge >= 0.3 is 6.18 Å². The molecule has 0 aliphatic heterocycles. The van der Waals surface area contributed by atoms with E-state index >= 15 is 0 Å². The van der Waals surface area contributed by atoms with Gasteiger partial charge in [0, 0.05) is 34.4 Å². The van der Waals surface area contributed by atoms with Gasteiger partial charge < -0.3 is 5.11 Å². The molecule has 0 unspecified atom stereocenters. The Morgan fingerprint density at radius 1 is 1.19 bits per heavy atom. The number of rotatable bonds is 6. The number of nitrogens with zero attached hydrogens (tertiary/aromatic N) is 2. The van der Waals surface area contributed by atoms with Crippen LogP contribution in [0.2, 0.25) is 0 Å². The Morgan fingerprint density at radius 2 is 1.87 bits per heavy atom. The number of alkyl halides is 3. The largest absolute Gasteiger partial charge is 0.506 e. The number of carbonyl (C=O) groups is 1. The summed E-state index contributed by atoms with van der Waals surface area (Å²) < 4.78 is 38.2. The molecule has 0 atom stereocenters. The Hall–Kier alpha value is -3.53. The average Bonchev–Trinajstić information content (AvgIpc) is 3.12. The Bertz CT molecular complexity index is 1170. The lowest BCUT2D eigenvalue weighted by atomic mass is 10.1. The van der Waals surface area contributed by atoms with E-state index in [0.29, 0.717) is 21.7 Å². The molecule has 1 aromatic heterocycles. The third-order valence-corrected chi connectivity index (χ3v) is 5.49. The van der Waals surface area contributed by atoms with Crippen LogP contribution in [0.4, 0.5) is 18.9 Å². The number of non-ortho nitro benzene ring substituents is 1. The summed E-state index contributed by atoms with van der Waals surface area (Å²) in [5, 5.41) is 22.9. The fourth-order valence-corrected chi connectivity index (χ4v) is 3.80. The van der Waals surface area contributed by atoms with Gasteiger partial charge in [-0.15, -0.1) is 11.3 Å². The van der Waals surface area contributed by atoms with Gasteiger partial charge in [0.15, 0.2) is 5.78 Å². The maximum Gasteiger partial charge on any atom is 0.416 e. The lowest BCUT2D eigenvalue weighted by molar-refractivity contribution is -0.384. The van der Waals surface area contributed by atoms with Gasteiger partial charge in [-0.25, -0.2) is 0 Å². The molecule has 3 rings (SSSR count). The van der Waals surface area contributed by atoms with Crippen molar-refractivity contribution < 1.29 is 28.0 Å². The molecule has 1 N–H and O–H groups in total. The maximum absolute atomic E-state index is 12.7. The predicted molar refractivity (Wildman–Crippen MR) is 111 cm³/mol. The molecule has 0 bridgehead atoms. The van der Waals surface area contributed by atoms with Gasteiger partial charge in [0.1, 0.15) is 12.3 Å². The van der Waals surface area contributed by atoms with Gasteiger partial charge in [-0.2, -0.15) is 13.2 Å². The number of hydrogen-bond acceptors (Lipinski definition) is 6. The minimum absolute atomic E-state index is 0.144. The Morgan fingerprint density at radius 3 is 2.48 bits per heavy atom. The van der Waals surface area contributed by atoms with E-state index in [-0.39, 0.29) is 23.5 Å². The van der Waals surface area contributed by atoms with Gasteiger partial charge in [-0.3, -0.25) is 19.9 Å². The van der Waals surface area contributed by atoms with Crippen molar-refractivity contribution >= 4 is 28.5 Å². The van der Waals surface area contributed by atoms with Crippen molar-refractivity contribution in [1.29, 1.82) is 0 Å². The lowest BCUT2D eigenvalue weighted by Crippen LogP contribution is -2.06. The van der Waals surface area contributed by atoms with Crippen molar-refractivity contribution in [2.24, 2.45) is 4.99 Å². The van der Waals surface area contributed by atoms with Crippen LogP contribution in [0.5, 0.6) is 5.75 Å². The van der Waals surface area contributed by atoms with Crippen LogP contribution >= 0.6 is 11.3 Å². The molecule has 160 valence electrons. The zero-order chi connectivity index (χ0) is 22.8. The molecule has 0 saturated carbocycles. The van der Waals surface area contributed by atoms with Crippen LogP contribution < -0.4 is 0 Å². The average molecular weight is 448 g/mol. The number of aliphatic imine (C=N–C) groups is 1. The quantitative estimate of drug-likeness (QED) is 0.225. The van der Waals surface area contributed by atoms with Crippen molar-refractivity contribution in [3.05, 3.63) is 80.7 Å². The molecule has 0 aliphatic carbocycles. The fourth-order valence-electron chi connectivity index (χ4n) is 2.78. The first-order valence-electron chi connectivity index (χ1n) is 8.85. The highest BCUT2D eigenvalue weighted by Gasteiger charge is 2.30. The zero-order valence-electron chi connectivity index (χ0n) is 16.0. The van der Waals surface area contributed by atoms with Crippen LogP contribution in [-0.2, 0) is 6.18 Å². The molecule has 0 radical (unpaired) electrons. The molecule has 3 aromatic rings. The number of nitro benzene ring substituents is 1. The smallest absolute Gasteiger partial charge is 0.416 e. The first-order chi connectivity index (χ1) is 14.6. The summed E-state index contributed by atoms with van der Waals surface area (Å²) in [5.41, 5.74) is 0.276. The summed E-state index contributed by atoms with van der Waals surface area (Å²) in [4.78, 5) is 27.1. The molecular formula is C21H15F3N2O4S. The molecule has 1 heterocycles. The fraction of sp³-hybridized carbons (Fsp3) is 0.143. The summed E-state index contributed by atoms with van der Waals surface area (Å²) in [5.74, 6) is -0.575. The van der Waals surface area contributed by atoms with Gasteiger partial charge in [-0.05, 0) is 24.6 Å². The first-order valence-corrected chi connectivity index (χ1v) is 9.73. The molecular weight excluding hydrogens is 433 g/mol. The highest BCUT2D eigenvalue weighted by molar-refractivity contribution is 7.14. The van der Waals surface area contributed by atoms with E-state index in [2.05, 4.69) is 4.99 Å². The monoisotopic (exact) mass is 448 g/mol. The molecule has 10 heteroatoms. The van der Waals surface area contributed by atoms with Gasteiger partial charge in [-0.1, -0.05) is 24.3 Å². The van der Waals surface area contributed by atoms with Crippen LogP contribution in [0.1, 0.15) is 28.4 Å². The number of hydrogen-bond donors (Lipinski definition) is 1. The van der Waals surface area contributed by atoms with Crippen molar-refractivity contribution in [3.8, 4) is 16.2 Å². The number of Topliss-reactive ketones (excluding diaryl/α,β-unsaturated/α-hetero) is 1. The topological polar surface area (TPSA) is 92.8 Å². The van der Waals surface area contributed by atoms with Crippen LogP contribution in [0.15, 0.2) is 58.9 Å². The van der Waals surface area contributed by atoms with Crippen LogP contribution in [0, 0.1) is 10.1 Å². The van der Waals surface area contributed by atoms with Crippen molar-refractivity contribution in [2.45, 2.75) is 13.1 Å². The Kier molecular flexibility index (Phi) is 6.21. The Labute approximate surface area is 178 Å². The minimum Gasteiger partial charge on any atom is -0.506 e. The summed E-state index contributed by atoms with van der Waals surface area (Å²) in [6, 6.07) is 9.72. The Balaban J connectivity index is 1.78. The standard InChI is InChI=1S/C21H15F3N2O4S/c1-12(25-10-18(27)14-3-2-4-16(9-14)26(29)30)17-11-31-20(19(17)28)13-5-7-15(8-6-13)21(22,23)24/h2-9,11,28H,10H2,1H3. The highest BCUT2D eigenvalue weighted by atomic mass is 32.1. The molecule has 2 aromatic carbocycles. The number of halogens is 3. The minimum atomic E-state index is -4.45. The van der Waals surface area contributed by atoms with Crippen LogP contribution in [-0.4, -0.2) is 28.1 Å². The van der Waals surface area contributed by atoms with E-state index in [1.165, 1.54) is 30.3 Å². The van der Waals surface area contributed by atoms with Gasteiger partial charge in [0.05, 0.1) is 15.4 Å². The second kappa shape index (κ2) is 8.68. The van der Waals surface area contributed by atoms with Crippen molar-refractivity contribution in [3.63, 3.8) is 0 Å². The van der Waals surface area contributed by atoms with E-state index in [0.717, 1.165) is 29.5 Å². The van der Waals surface area contributed by atoms with Crippen molar-refractivity contribution in [2.75, 3.05) is 6.54 Å². The van der Waals surface area contributed by atoms with Gasteiger partial charge in [0.2, 0.25) is 0 Å². The second-order valence-electron chi connectivity index (χ2n) is 6.53. The predicted octanol–water partition coefficient (Wildman–Crippen LogP) is 5.74. The molecule has 0 fully saturated rings. The SMILES string of the molecule is CC(=NCC(=O)c1cccc([N+](=O)[O-])c1)c1csc(-c2ccc(C(F)(F)F)cc2)c1O. The van der Waals surface area contributed by atoms with E-state index < -0.39 is 22.4 Å².